The molecular weight excluding hydrogens is 302 g/mol. The van der Waals surface area contributed by atoms with E-state index in [-0.39, 0.29) is 5.91 Å². The predicted octanol–water partition coefficient (Wildman–Crippen LogP) is 5.01. The molecule has 0 heterocycles. The maximum atomic E-state index is 12.5. The van der Waals surface area contributed by atoms with Gasteiger partial charge in [-0.15, -0.1) is 12.6 Å². The number of para-hydroxylation sites is 1. The van der Waals surface area contributed by atoms with Crippen LogP contribution in [0.25, 0.3) is 0 Å². The van der Waals surface area contributed by atoms with E-state index in [9.17, 15) is 4.79 Å². The normalized spacial score (nSPS) is 10.5. The number of carbonyl (C=O) groups excluding carboxylic acids is 1. The number of anilines is 1. The summed E-state index contributed by atoms with van der Waals surface area (Å²) in [5.74, 6) is -0.202. The van der Waals surface area contributed by atoms with Crippen LogP contribution >= 0.6 is 24.2 Å². The summed E-state index contributed by atoms with van der Waals surface area (Å²) in [6.45, 7) is 4.15. The van der Waals surface area contributed by atoms with Gasteiger partial charge in [0.25, 0.3) is 5.91 Å². The monoisotopic (exact) mass is 319 g/mol. The van der Waals surface area contributed by atoms with Gasteiger partial charge in [0.15, 0.2) is 0 Å². The van der Waals surface area contributed by atoms with Gasteiger partial charge < -0.3 is 5.32 Å². The summed E-state index contributed by atoms with van der Waals surface area (Å²) in [6.07, 6.45) is 1.73. The van der Waals surface area contributed by atoms with Crippen molar-refractivity contribution in [2.75, 3.05) is 5.32 Å². The van der Waals surface area contributed by atoms with Gasteiger partial charge in [-0.3, -0.25) is 4.79 Å². The lowest BCUT2D eigenvalue weighted by Gasteiger charge is -2.15. The van der Waals surface area contributed by atoms with Crippen molar-refractivity contribution in [3.8, 4) is 0 Å². The minimum atomic E-state index is -0.202. The minimum Gasteiger partial charge on any atom is -0.321 e. The van der Waals surface area contributed by atoms with Crippen LogP contribution in [-0.2, 0) is 12.8 Å². The topological polar surface area (TPSA) is 29.1 Å². The molecule has 0 aliphatic carbocycles. The average molecular weight is 320 g/mol. The van der Waals surface area contributed by atoms with E-state index in [1.807, 2.05) is 18.2 Å². The molecule has 110 valence electrons. The van der Waals surface area contributed by atoms with Gasteiger partial charge in [-0.05, 0) is 42.2 Å². The lowest BCUT2D eigenvalue weighted by Crippen LogP contribution is -2.15. The summed E-state index contributed by atoms with van der Waals surface area (Å²) in [5, 5.41) is 3.44. The van der Waals surface area contributed by atoms with E-state index >= 15 is 0 Å². The van der Waals surface area contributed by atoms with Gasteiger partial charge in [0.2, 0.25) is 0 Å². The van der Waals surface area contributed by atoms with Gasteiger partial charge in [0.05, 0.1) is 10.6 Å². The first-order valence-corrected chi connectivity index (χ1v) is 7.80. The molecule has 4 heteroatoms. The van der Waals surface area contributed by atoms with Crippen molar-refractivity contribution >= 4 is 35.8 Å². The number of benzene rings is 2. The molecule has 0 atom stereocenters. The highest BCUT2D eigenvalue weighted by atomic mass is 35.5. The first kappa shape index (κ1) is 15.9. The third-order valence-corrected chi connectivity index (χ3v) is 4.04. The number of carbonyl (C=O) groups is 1. The van der Waals surface area contributed by atoms with Crippen LogP contribution in [0.5, 0.6) is 0 Å². The molecule has 21 heavy (non-hydrogen) atoms. The van der Waals surface area contributed by atoms with Gasteiger partial charge in [0.1, 0.15) is 0 Å². The molecule has 2 aromatic carbocycles. The van der Waals surface area contributed by atoms with Crippen LogP contribution in [0, 0.1) is 0 Å². The second-order valence-corrected chi connectivity index (χ2v) is 5.70. The number of rotatable bonds is 4. The summed E-state index contributed by atoms with van der Waals surface area (Å²) in [4.78, 5) is 13.2. The van der Waals surface area contributed by atoms with Crippen LogP contribution in [0.3, 0.4) is 0 Å². The molecule has 1 N–H and O–H groups in total. The average Bonchev–Trinajstić information content (AvgIpc) is 2.49. The van der Waals surface area contributed by atoms with E-state index in [4.69, 9.17) is 11.6 Å². The highest BCUT2D eigenvalue weighted by Gasteiger charge is 2.14. The van der Waals surface area contributed by atoms with Crippen LogP contribution in [0.15, 0.2) is 41.3 Å². The molecule has 2 nitrogen and oxygen atoms in total. The summed E-state index contributed by atoms with van der Waals surface area (Å²) in [5.41, 5.74) is 3.59. The lowest BCUT2D eigenvalue weighted by atomic mass is 10.0. The zero-order valence-electron chi connectivity index (χ0n) is 12.1. The third kappa shape index (κ3) is 3.60. The van der Waals surface area contributed by atoms with Crippen LogP contribution in [0.2, 0.25) is 5.02 Å². The number of hydrogen-bond acceptors (Lipinski definition) is 2. The first-order chi connectivity index (χ1) is 10.1. The summed E-state index contributed by atoms with van der Waals surface area (Å²) in [6, 6.07) is 11.2. The molecule has 0 aromatic heterocycles. The van der Waals surface area contributed by atoms with Crippen molar-refractivity contribution in [3.63, 3.8) is 0 Å². The number of hydrogen-bond donors (Lipinski definition) is 2. The largest absolute Gasteiger partial charge is 0.321 e. The Hall–Kier alpha value is -1.45. The van der Waals surface area contributed by atoms with Crippen LogP contribution in [0.4, 0.5) is 5.69 Å². The van der Waals surface area contributed by atoms with E-state index in [1.165, 1.54) is 0 Å². The fraction of sp³-hybridized carbons (Fsp3) is 0.235. The fourth-order valence-corrected chi connectivity index (χ4v) is 2.68. The fourth-order valence-electron chi connectivity index (χ4n) is 2.27. The Morgan fingerprint density at radius 2 is 1.76 bits per heavy atom. The molecule has 2 aromatic rings. The predicted molar refractivity (Wildman–Crippen MR) is 91.9 cm³/mol. The smallest absolute Gasteiger partial charge is 0.257 e. The van der Waals surface area contributed by atoms with Crippen molar-refractivity contribution in [1.29, 1.82) is 0 Å². The van der Waals surface area contributed by atoms with E-state index in [0.717, 1.165) is 29.7 Å². The molecule has 0 saturated carbocycles. The Bertz CT molecular complexity index is 648. The Kier molecular flexibility index (Phi) is 5.32. The van der Waals surface area contributed by atoms with Crippen molar-refractivity contribution in [2.24, 2.45) is 0 Å². The maximum absolute atomic E-state index is 12.5. The molecule has 0 aliphatic heterocycles. The van der Waals surface area contributed by atoms with E-state index in [2.05, 4.69) is 31.8 Å². The Labute approximate surface area is 135 Å². The second-order valence-electron chi connectivity index (χ2n) is 4.78. The van der Waals surface area contributed by atoms with Crippen molar-refractivity contribution < 1.29 is 4.79 Å². The van der Waals surface area contributed by atoms with Crippen LogP contribution in [0.1, 0.15) is 35.3 Å². The number of halogens is 1. The number of amides is 1. The van der Waals surface area contributed by atoms with Gasteiger partial charge in [-0.2, -0.15) is 0 Å². The maximum Gasteiger partial charge on any atom is 0.257 e. The Morgan fingerprint density at radius 3 is 2.33 bits per heavy atom. The third-order valence-electron chi connectivity index (χ3n) is 3.43. The first-order valence-electron chi connectivity index (χ1n) is 6.97. The standard InChI is InChI=1S/C17H18ClNOS/c1-3-11-6-5-7-12(4-2)16(11)19-17(20)14-10-13(21)8-9-15(14)18/h5-10,21H,3-4H2,1-2H3,(H,19,20). The van der Waals surface area contributed by atoms with Crippen LogP contribution in [-0.4, -0.2) is 5.91 Å². The summed E-state index contributed by atoms with van der Waals surface area (Å²) >= 11 is 10.4. The molecule has 0 fully saturated rings. The van der Waals surface area contributed by atoms with Gasteiger partial charge in [0, 0.05) is 10.6 Å². The number of nitrogens with one attached hydrogen (secondary N) is 1. The molecule has 0 spiro atoms. The van der Waals surface area contributed by atoms with Crippen molar-refractivity contribution in [1.82, 2.24) is 0 Å². The van der Waals surface area contributed by atoms with Crippen LogP contribution < -0.4 is 5.32 Å². The minimum absolute atomic E-state index is 0.202. The highest BCUT2D eigenvalue weighted by Crippen LogP contribution is 2.25. The number of aryl methyl sites for hydroxylation is 2. The van der Waals surface area contributed by atoms with E-state index in [0.29, 0.717) is 15.5 Å². The zero-order valence-corrected chi connectivity index (χ0v) is 13.8. The molecule has 2 rings (SSSR count). The molecule has 0 bridgehead atoms. The SMILES string of the molecule is CCc1cccc(CC)c1NC(=O)c1cc(S)ccc1Cl. The van der Waals surface area contributed by atoms with E-state index in [1.54, 1.807) is 18.2 Å². The lowest BCUT2D eigenvalue weighted by molar-refractivity contribution is 0.102. The van der Waals surface area contributed by atoms with Crippen molar-refractivity contribution in [3.05, 3.63) is 58.1 Å². The zero-order chi connectivity index (χ0) is 15.4. The molecular formula is C17H18ClNOS. The molecule has 0 saturated heterocycles. The molecule has 0 aliphatic rings. The number of thiol groups is 1. The second kappa shape index (κ2) is 7.01. The molecule has 0 unspecified atom stereocenters. The molecule has 0 radical (unpaired) electrons. The highest BCUT2D eigenvalue weighted by molar-refractivity contribution is 7.80. The van der Waals surface area contributed by atoms with Crippen molar-refractivity contribution in [2.45, 2.75) is 31.6 Å². The Balaban J connectivity index is 2.38. The van der Waals surface area contributed by atoms with Gasteiger partial charge in [-0.1, -0.05) is 43.6 Å². The van der Waals surface area contributed by atoms with Gasteiger partial charge >= 0.3 is 0 Å². The summed E-state index contributed by atoms with van der Waals surface area (Å²) in [7, 11) is 0. The Morgan fingerprint density at radius 1 is 1.14 bits per heavy atom. The molecule has 1 amide bonds. The summed E-state index contributed by atoms with van der Waals surface area (Å²) < 4.78 is 0. The van der Waals surface area contributed by atoms with E-state index < -0.39 is 0 Å². The van der Waals surface area contributed by atoms with Gasteiger partial charge in [-0.25, -0.2) is 0 Å². The quantitative estimate of drug-likeness (QED) is 0.762.